The number of guanidine groups is 1. The highest BCUT2D eigenvalue weighted by Gasteiger charge is 2.09. The number of aliphatic imine (C=N–C) groups is 1. The van der Waals surface area contributed by atoms with Gasteiger partial charge in [0, 0.05) is 18.5 Å². The highest BCUT2D eigenvalue weighted by atomic mass is 127. The van der Waals surface area contributed by atoms with Crippen LogP contribution in [-0.2, 0) is 13.1 Å². The summed E-state index contributed by atoms with van der Waals surface area (Å²) >= 11 is 7.55. The lowest BCUT2D eigenvalue weighted by Gasteiger charge is -2.21. The molecule has 8 heteroatoms. The molecule has 0 spiro atoms. The van der Waals surface area contributed by atoms with E-state index in [2.05, 4.69) is 15.2 Å². The molecule has 0 bridgehead atoms. The summed E-state index contributed by atoms with van der Waals surface area (Å²) in [5.74, 6) is 1.38. The molecule has 2 N–H and O–H groups in total. The molecule has 2 aromatic rings. The van der Waals surface area contributed by atoms with Gasteiger partial charge in [0.2, 0.25) is 0 Å². The second-order valence-corrected chi connectivity index (χ2v) is 7.04. The van der Waals surface area contributed by atoms with Crippen LogP contribution in [0.3, 0.4) is 0 Å². The van der Waals surface area contributed by atoms with Gasteiger partial charge in [0.1, 0.15) is 0 Å². The molecular weight excluding hydrogens is 473 g/mol. The number of hydrogen-bond acceptors (Lipinski definition) is 4. The van der Waals surface area contributed by atoms with Gasteiger partial charge in [-0.15, -0.1) is 35.3 Å². The van der Waals surface area contributed by atoms with Crippen LogP contribution in [0.1, 0.15) is 17.4 Å². The molecule has 0 saturated heterocycles. The number of phenolic OH excluding ortho intramolecular Hbond substituents is 1. The van der Waals surface area contributed by atoms with E-state index in [0.717, 1.165) is 28.9 Å². The first kappa shape index (κ1) is 21.9. The molecule has 0 aliphatic heterocycles. The fourth-order valence-electron chi connectivity index (χ4n) is 2.22. The number of aromatic hydroxyl groups is 1. The Morgan fingerprint density at radius 2 is 2.12 bits per heavy atom. The Balaban J connectivity index is 0.00000312. The van der Waals surface area contributed by atoms with Crippen molar-refractivity contribution in [2.45, 2.75) is 20.0 Å². The second kappa shape index (κ2) is 10.7. The van der Waals surface area contributed by atoms with Crippen LogP contribution in [0.25, 0.3) is 0 Å². The summed E-state index contributed by atoms with van der Waals surface area (Å²) in [6.07, 6.45) is 0. The van der Waals surface area contributed by atoms with Gasteiger partial charge in [-0.1, -0.05) is 17.7 Å². The zero-order valence-electron chi connectivity index (χ0n) is 14.5. The Labute approximate surface area is 174 Å². The fraction of sp³-hybridized carbons (Fsp3) is 0.353. The molecule has 25 heavy (non-hydrogen) atoms. The number of phenols is 1. The summed E-state index contributed by atoms with van der Waals surface area (Å²) in [6.45, 7) is 4.01. The molecule has 0 fully saturated rings. The number of thiophene rings is 1. The van der Waals surface area contributed by atoms with Crippen molar-refractivity contribution in [1.29, 1.82) is 0 Å². The maximum atomic E-state index is 9.86. The largest absolute Gasteiger partial charge is 0.504 e. The van der Waals surface area contributed by atoms with Crippen LogP contribution in [0, 0.1) is 0 Å². The van der Waals surface area contributed by atoms with Crippen LogP contribution in [0.2, 0.25) is 4.34 Å². The number of rotatable bonds is 6. The van der Waals surface area contributed by atoms with Crippen molar-refractivity contribution in [3.05, 3.63) is 45.1 Å². The molecule has 1 aromatic carbocycles. The van der Waals surface area contributed by atoms with E-state index in [1.54, 1.807) is 23.5 Å². The summed E-state index contributed by atoms with van der Waals surface area (Å²) in [4.78, 5) is 7.86. The van der Waals surface area contributed by atoms with Crippen LogP contribution in [0.15, 0.2) is 35.3 Å². The van der Waals surface area contributed by atoms with E-state index in [9.17, 15) is 5.11 Å². The first-order valence-electron chi connectivity index (χ1n) is 7.63. The monoisotopic (exact) mass is 495 g/mol. The third-order valence-corrected chi connectivity index (χ3v) is 4.59. The summed E-state index contributed by atoms with van der Waals surface area (Å²) in [6, 6.07) is 9.23. The van der Waals surface area contributed by atoms with Crippen molar-refractivity contribution in [3.8, 4) is 11.5 Å². The quantitative estimate of drug-likeness (QED) is 0.356. The number of ether oxygens (including phenoxy) is 1. The molecule has 1 heterocycles. The molecule has 0 amide bonds. The molecule has 0 saturated carbocycles. The lowest BCUT2D eigenvalue weighted by Crippen LogP contribution is -2.38. The normalized spacial score (nSPS) is 11.0. The molecule has 0 radical (unpaired) electrons. The van der Waals surface area contributed by atoms with Gasteiger partial charge in [0.15, 0.2) is 17.5 Å². The van der Waals surface area contributed by atoms with E-state index in [4.69, 9.17) is 16.3 Å². The number of halogens is 2. The van der Waals surface area contributed by atoms with Gasteiger partial charge in [-0.2, -0.15) is 0 Å². The Kier molecular flexibility index (Phi) is 9.37. The topological polar surface area (TPSA) is 57.1 Å². The SMILES string of the molecule is CCNC(=NCc1ccc(OC)c(O)c1)N(C)Cc1ccc(Cl)s1.I. The maximum absolute atomic E-state index is 9.86. The smallest absolute Gasteiger partial charge is 0.194 e. The lowest BCUT2D eigenvalue weighted by molar-refractivity contribution is 0.373. The van der Waals surface area contributed by atoms with Crippen LogP contribution < -0.4 is 10.1 Å². The Morgan fingerprint density at radius 3 is 2.68 bits per heavy atom. The molecule has 0 unspecified atom stereocenters. The predicted molar refractivity (Wildman–Crippen MR) is 116 cm³/mol. The van der Waals surface area contributed by atoms with Gasteiger partial charge >= 0.3 is 0 Å². The molecule has 0 aliphatic carbocycles. The molecule has 138 valence electrons. The van der Waals surface area contributed by atoms with Crippen molar-refractivity contribution in [1.82, 2.24) is 10.2 Å². The average molecular weight is 496 g/mol. The fourth-order valence-corrected chi connectivity index (χ4v) is 3.36. The van der Waals surface area contributed by atoms with E-state index in [0.29, 0.717) is 12.3 Å². The van der Waals surface area contributed by atoms with Crippen molar-refractivity contribution in [2.24, 2.45) is 4.99 Å². The second-order valence-electron chi connectivity index (χ2n) is 5.24. The molecule has 1 aromatic heterocycles. The van der Waals surface area contributed by atoms with Crippen molar-refractivity contribution in [3.63, 3.8) is 0 Å². The Morgan fingerprint density at radius 1 is 1.36 bits per heavy atom. The van der Waals surface area contributed by atoms with Crippen molar-refractivity contribution in [2.75, 3.05) is 20.7 Å². The number of nitrogens with zero attached hydrogens (tertiary/aromatic N) is 2. The molecule has 0 aliphatic rings. The van der Waals surface area contributed by atoms with Gasteiger partial charge in [-0.3, -0.25) is 0 Å². The minimum atomic E-state index is 0. The molecule has 0 atom stereocenters. The average Bonchev–Trinajstić information content (AvgIpc) is 2.96. The molecule has 5 nitrogen and oxygen atoms in total. The zero-order chi connectivity index (χ0) is 17.5. The number of nitrogens with one attached hydrogen (secondary N) is 1. The summed E-state index contributed by atoms with van der Waals surface area (Å²) in [5, 5.41) is 13.1. The van der Waals surface area contributed by atoms with Crippen molar-refractivity contribution >= 4 is 52.9 Å². The van der Waals surface area contributed by atoms with Gasteiger partial charge in [0.25, 0.3) is 0 Å². The van der Waals surface area contributed by atoms with Crippen LogP contribution in [0.5, 0.6) is 11.5 Å². The van der Waals surface area contributed by atoms with Gasteiger partial charge in [-0.25, -0.2) is 4.99 Å². The van der Waals surface area contributed by atoms with E-state index in [1.165, 1.54) is 12.0 Å². The van der Waals surface area contributed by atoms with E-state index in [1.807, 2.05) is 32.2 Å². The van der Waals surface area contributed by atoms with Gasteiger partial charge in [0.05, 0.1) is 24.5 Å². The van der Waals surface area contributed by atoms with Crippen LogP contribution in [0.4, 0.5) is 0 Å². The minimum Gasteiger partial charge on any atom is -0.504 e. The number of benzene rings is 1. The molecule has 2 rings (SSSR count). The highest BCUT2D eigenvalue weighted by Crippen LogP contribution is 2.26. The van der Waals surface area contributed by atoms with E-state index >= 15 is 0 Å². The predicted octanol–water partition coefficient (Wildman–Crippen LogP) is 4.33. The summed E-state index contributed by atoms with van der Waals surface area (Å²) in [5.41, 5.74) is 0.913. The first-order chi connectivity index (χ1) is 11.5. The maximum Gasteiger partial charge on any atom is 0.194 e. The van der Waals surface area contributed by atoms with Crippen LogP contribution in [-0.4, -0.2) is 36.7 Å². The first-order valence-corrected chi connectivity index (χ1v) is 8.82. The Bertz CT molecular complexity index is 709. The number of methoxy groups -OCH3 is 1. The third-order valence-electron chi connectivity index (χ3n) is 3.37. The minimum absolute atomic E-state index is 0. The lowest BCUT2D eigenvalue weighted by atomic mass is 10.2. The third kappa shape index (κ3) is 6.56. The Hall–Kier alpha value is -1.19. The summed E-state index contributed by atoms with van der Waals surface area (Å²) in [7, 11) is 3.52. The highest BCUT2D eigenvalue weighted by molar-refractivity contribution is 14.0. The van der Waals surface area contributed by atoms with E-state index < -0.39 is 0 Å². The van der Waals surface area contributed by atoms with Crippen molar-refractivity contribution < 1.29 is 9.84 Å². The van der Waals surface area contributed by atoms with Gasteiger partial charge in [-0.05, 0) is 36.8 Å². The zero-order valence-corrected chi connectivity index (χ0v) is 18.4. The van der Waals surface area contributed by atoms with Gasteiger partial charge < -0.3 is 20.1 Å². The molecular formula is C17H23ClIN3O2S. The van der Waals surface area contributed by atoms with Crippen LogP contribution >= 0.6 is 46.9 Å². The number of hydrogen-bond donors (Lipinski definition) is 2. The summed E-state index contributed by atoms with van der Waals surface area (Å²) < 4.78 is 5.84. The standard InChI is InChI=1S/C17H22ClN3O2S.HI/c1-4-19-17(21(2)11-13-6-8-16(18)24-13)20-10-12-5-7-15(23-3)14(22)9-12;/h5-9,22H,4,10-11H2,1-3H3,(H,19,20);1H. The van der Waals surface area contributed by atoms with E-state index in [-0.39, 0.29) is 29.7 Å².